The standard InChI is InChI=1S/C23H50O4Si3/c1-10-13-14-15-16-17-18-19-22(23(24)25-20-21(11-2)12-3)29(6,7)27-30(8,9)26-28(4)5/h11,21-22,28H,2,10,12-20H2,1,3-9H3. The highest BCUT2D eigenvalue weighted by molar-refractivity contribution is 6.86. The summed E-state index contributed by atoms with van der Waals surface area (Å²) in [4.78, 5) is 13.1. The van der Waals surface area contributed by atoms with E-state index < -0.39 is 25.9 Å². The van der Waals surface area contributed by atoms with Crippen LogP contribution in [0.3, 0.4) is 0 Å². The van der Waals surface area contributed by atoms with Crippen LogP contribution in [0.4, 0.5) is 0 Å². The van der Waals surface area contributed by atoms with Crippen molar-refractivity contribution >= 4 is 31.9 Å². The van der Waals surface area contributed by atoms with Crippen LogP contribution in [-0.4, -0.2) is 38.5 Å². The highest BCUT2D eigenvalue weighted by atomic mass is 28.5. The lowest BCUT2D eigenvalue weighted by Gasteiger charge is -2.38. The second kappa shape index (κ2) is 15.6. The topological polar surface area (TPSA) is 44.8 Å². The van der Waals surface area contributed by atoms with Crippen LogP contribution in [0.5, 0.6) is 0 Å². The molecule has 7 heteroatoms. The quantitative estimate of drug-likeness (QED) is 0.0913. The molecule has 2 unspecified atom stereocenters. The maximum Gasteiger partial charge on any atom is 0.311 e. The van der Waals surface area contributed by atoms with Gasteiger partial charge in [0.25, 0.3) is 0 Å². The molecule has 0 amide bonds. The van der Waals surface area contributed by atoms with Crippen LogP contribution in [0.1, 0.15) is 71.6 Å². The minimum Gasteiger partial charge on any atom is -0.465 e. The van der Waals surface area contributed by atoms with E-state index in [1.807, 2.05) is 6.08 Å². The van der Waals surface area contributed by atoms with Gasteiger partial charge in [0, 0.05) is 5.92 Å². The SMILES string of the molecule is C=CC(CC)COC(=O)C(CCCCCCCCC)[Si](C)(C)O[Si](C)(C)O[SiH](C)C. The molecule has 0 N–H and O–H groups in total. The second-order valence-corrected chi connectivity index (χ2v) is 20.3. The molecule has 0 fully saturated rings. The first kappa shape index (κ1) is 29.8. The average Bonchev–Trinajstić information content (AvgIpc) is 2.62. The molecule has 0 spiro atoms. The van der Waals surface area contributed by atoms with Gasteiger partial charge in [-0.2, -0.15) is 0 Å². The Labute approximate surface area is 191 Å². The summed E-state index contributed by atoms with van der Waals surface area (Å²) < 4.78 is 18.7. The summed E-state index contributed by atoms with van der Waals surface area (Å²) in [6.45, 7) is 21.6. The van der Waals surface area contributed by atoms with Crippen molar-refractivity contribution in [1.29, 1.82) is 0 Å². The molecular weight excluding hydrogens is 425 g/mol. The lowest BCUT2D eigenvalue weighted by atomic mass is 10.1. The van der Waals surface area contributed by atoms with Crippen molar-refractivity contribution in [3.63, 3.8) is 0 Å². The van der Waals surface area contributed by atoms with E-state index in [4.69, 9.17) is 13.0 Å². The van der Waals surface area contributed by atoms with Gasteiger partial charge in [0.15, 0.2) is 17.4 Å². The molecule has 0 bridgehead atoms. The number of rotatable bonds is 18. The van der Waals surface area contributed by atoms with E-state index in [0.29, 0.717) is 6.61 Å². The highest BCUT2D eigenvalue weighted by Crippen LogP contribution is 2.33. The molecule has 30 heavy (non-hydrogen) atoms. The first-order chi connectivity index (χ1) is 14.0. The van der Waals surface area contributed by atoms with Crippen LogP contribution in [0.15, 0.2) is 12.7 Å². The van der Waals surface area contributed by atoms with Gasteiger partial charge in [-0.3, -0.25) is 4.79 Å². The normalized spacial score (nSPS) is 14.6. The van der Waals surface area contributed by atoms with Crippen molar-refractivity contribution in [1.82, 2.24) is 0 Å². The Morgan fingerprint density at radius 1 is 1.00 bits per heavy atom. The largest absolute Gasteiger partial charge is 0.465 e. The number of carbonyl (C=O) groups is 1. The van der Waals surface area contributed by atoms with Gasteiger partial charge in [-0.1, -0.05) is 64.9 Å². The predicted octanol–water partition coefficient (Wildman–Crippen LogP) is 7.18. The van der Waals surface area contributed by atoms with Crippen molar-refractivity contribution in [3.8, 4) is 0 Å². The number of unbranched alkanes of at least 4 members (excludes halogenated alkanes) is 6. The smallest absolute Gasteiger partial charge is 0.311 e. The Bertz CT molecular complexity index is 481. The summed E-state index contributed by atoms with van der Waals surface area (Å²) in [6, 6.07) is 0. The zero-order valence-corrected chi connectivity index (χ0v) is 24.4. The molecular formula is C23H50O4Si3. The Morgan fingerprint density at radius 3 is 2.07 bits per heavy atom. The molecule has 0 heterocycles. The first-order valence-electron chi connectivity index (χ1n) is 12.2. The molecule has 0 aromatic carbocycles. The van der Waals surface area contributed by atoms with Crippen LogP contribution in [0.2, 0.25) is 44.8 Å². The summed E-state index contributed by atoms with van der Waals surface area (Å²) in [6.07, 6.45) is 12.4. The van der Waals surface area contributed by atoms with Crippen molar-refractivity contribution < 1.29 is 17.8 Å². The molecule has 0 radical (unpaired) electrons. The fraction of sp³-hybridized carbons (Fsp3) is 0.870. The lowest BCUT2D eigenvalue weighted by molar-refractivity contribution is -0.145. The number of carbonyl (C=O) groups excluding carboxylic acids is 1. The average molecular weight is 475 g/mol. The summed E-state index contributed by atoms with van der Waals surface area (Å²) >= 11 is 0. The zero-order valence-electron chi connectivity index (χ0n) is 21.2. The van der Waals surface area contributed by atoms with Crippen molar-refractivity contribution in [2.75, 3.05) is 6.61 Å². The zero-order chi connectivity index (χ0) is 23.2. The monoisotopic (exact) mass is 474 g/mol. The number of ether oxygens (including phenoxy) is 1. The lowest BCUT2D eigenvalue weighted by Crippen LogP contribution is -2.52. The number of hydrogen-bond acceptors (Lipinski definition) is 4. The van der Waals surface area contributed by atoms with Crippen molar-refractivity contribution in [2.24, 2.45) is 5.92 Å². The summed E-state index contributed by atoms with van der Waals surface area (Å²) in [5.74, 6) is 0.143. The Hall–Kier alpha value is -0.219. The van der Waals surface area contributed by atoms with Gasteiger partial charge in [-0.25, -0.2) is 0 Å². The van der Waals surface area contributed by atoms with Gasteiger partial charge < -0.3 is 13.0 Å². The van der Waals surface area contributed by atoms with E-state index in [-0.39, 0.29) is 17.4 Å². The molecule has 0 aromatic rings. The third kappa shape index (κ3) is 13.2. The summed E-state index contributed by atoms with van der Waals surface area (Å²) in [7, 11) is -5.74. The third-order valence-corrected chi connectivity index (χ3v) is 16.0. The molecule has 0 rings (SSSR count). The molecule has 0 aliphatic carbocycles. The van der Waals surface area contributed by atoms with E-state index in [0.717, 1.165) is 19.3 Å². The highest BCUT2D eigenvalue weighted by Gasteiger charge is 2.44. The summed E-state index contributed by atoms with van der Waals surface area (Å²) in [5, 5.41) is 0. The van der Waals surface area contributed by atoms with Gasteiger partial charge in [-0.15, -0.1) is 6.58 Å². The molecule has 0 aliphatic rings. The minimum atomic E-state index is -2.31. The Kier molecular flexibility index (Phi) is 15.4. The van der Waals surface area contributed by atoms with E-state index in [2.05, 4.69) is 59.7 Å². The molecule has 2 atom stereocenters. The van der Waals surface area contributed by atoms with E-state index in [9.17, 15) is 4.79 Å². The van der Waals surface area contributed by atoms with Crippen molar-refractivity contribution in [3.05, 3.63) is 12.7 Å². The fourth-order valence-corrected chi connectivity index (χ4v) is 16.3. The summed E-state index contributed by atoms with van der Waals surface area (Å²) in [5.41, 5.74) is -0.139. The van der Waals surface area contributed by atoms with Crippen LogP contribution in [0, 0.1) is 5.92 Å². The van der Waals surface area contributed by atoms with E-state index >= 15 is 0 Å². The Morgan fingerprint density at radius 2 is 1.57 bits per heavy atom. The molecule has 0 saturated carbocycles. The molecule has 4 nitrogen and oxygen atoms in total. The maximum atomic E-state index is 13.1. The minimum absolute atomic E-state index is 0.0791. The number of esters is 1. The first-order valence-corrected chi connectivity index (χ1v) is 20.7. The predicted molar refractivity (Wildman–Crippen MR) is 137 cm³/mol. The van der Waals surface area contributed by atoms with Gasteiger partial charge in [-0.05, 0) is 52.1 Å². The molecule has 0 aromatic heterocycles. The second-order valence-electron chi connectivity index (χ2n) is 9.77. The fourth-order valence-electron chi connectivity index (χ4n) is 3.99. The Balaban J connectivity index is 5.05. The van der Waals surface area contributed by atoms with Gasteiger partial charge >= 0.3 is 14.5 Å². The van der Waals surface area contributed by atoms with Gasteiger partial charge in [0.1, 0.15) is 0 Å². The molecule has 0 aliphatic heterocycles. The molecule has 0 saturated heterocycles. The third-order valence-electron chi connectivity index (χ3n) is 5.55. The van der Waals surface area contributed by atoms with Crippen LogP contribution in [0.25, 0.3) is 0 Å². The van der Waals surface area contributed by atoms with Gasteiger partial charge in [0.2, 0.25) is 0 Å². The number of hydrogen-bond donors (Lipinski definition) is 0. The van der Waals surface area contributed by atoms with E-state index in [1.165, 1.54) is 38.5 Å². The van der Waals surface area contributed by atoms with Crippen LogP contribution in [-0.2, 0) is 17.8 Å². The van der Waals surface area contributed by atoms with E-state index in [1.54, 1.807) is 0 Å². The van der Waals surface area contributed by atoms with Crippen molar-refractivity contribution in [2.45, 2.75) is 116 Å². The van der Waals surface area contributed by atoms with Gasteiger partial charge in [0.05, 0.1) is 12.1 Å². The van der Waals surface area contributed by atoms with Crippen LogP contribution < -0.4 is 0 Å². The van der Waals surface area contributed by atoms with Crippen LogP contribution >= 0.6 is 0 Å². The molecule has 178 valence electrons. The maximum absolute atomic E-state index is 13.1.